The number of amides is 4. The van der Waals surface area contributed by atoms with Crippen molar-refractivity contribution in [2.75, 3.05) is 18.9 Å². The Morgan fingerprint density at radius 3 is 2.66 bits per heavy atom. The molecule has 4 rings (SSSR count). The van der Waals surface area contributed by atoms with Gasteiger partial charge in [-0.2, -0.15) is 0 Å². The van der Waals surface area contributed by atoms with Gasteiger partial charge in [-0.25, -0.2) is 0 Å². The first-order chi connectivity index (χ1) is 16.7. The number of imide groups is 2. The van der Waals surface area contributed by atoms with Crippen LogP contribution in [0.1, 0.15) is 29.5 Å². The Hall–Kier alpha value is -3.49. The Kier molecular flexibility index (Phi) is 7.33. The summed E-state index contributed by atoms with van der Waals surface area (Å²) in [6, 6.07) is 12.7. The smallest absolute Gasteiger partial charge is 0.278 e. The molecule has 2 N–H and O–H groups in total. The van der Waals surface area contributed by atoms with E-state index < -0.39 is 29.7 Å². The summed E-state index contributed by atoms with van der Waals surface area (Å²) < 4.78 is 0. The van der Waals surface area contributed by atoms with Crippen LogP contribution in [-0.2, 0) is 32.1 Å². The van der Waals surface area contributed by atoms with Gasteiger partial charge in [0.2, 0.25) is 11.8 Å². The summed E-state index contributed by atoms with van der Waals surface area (Å²) in [4.78, 5) is 52.0. The monoisotopic (exact) mass is 494 g/mol. The van der Waals surface area contributed by atoms with Gasteiger partial charge in [-0.15, -0.1) is 0 Å². The minimum atomic E-state index is -0.980. The van der Waals surface area contributed by atoms with Crippen molar-refractivity contribution in [2.45, 2.75) is 38.8 Å². The summed E-state index contributed by atoms with van der Waals surface area (Å²) >= 11 is 6.23. The highest BCUT2D eigenvalue weighted by Gasteiger charge is 2.42. The van der Waals surface area contributed by atoms with Crippen LogP contribution in [0.25, 0.3) is 0 Å². The van der Waals surface area contributed by atoms with Crippen LogP contribution < -0.4 is 10.6 Å². The summed E-state index contributed by atoms with van der Waals surface area (Å²) in [7, 11) is 2.04. The first-order valence-electron chi connectivity index (χ1n) is 11.4. The lowest BCUT2D eigenvalue weighted by molar-refractivity contribution is -0.149. The number of hydrogen-bond acceptors (Lipinski definition) is 6. The SMILES string of the molecule is Cc1ccc(CCN(C)Cc2cccc(NC3=CC(=O)N(C4CCC(=O)NC4=O)C3=O)c2)cc1Cl. The first kappa shape index (κ1) is 24.6. The van der Waals surface area contributed by atoms with Gasteiger partial charge in [0.25, 0.3) is 11.8 Å². The lowest BCUT2D eigenvalue weighted by Gasteiger charge is -2.28. The van der Waals surface area contributed by atoms with E-state index in [1.54, 1.807) is 0 Å². The number of aryl methyl sites for hydroxylation is 1. The van der Waals surface area contributed by atoms with Crippen molar-refractivity contribution in [3.05, 3.63) is 76.0 Å². The predicted molar refractivity (Wildman–Crippen MR) is 132 cm³/mol. The summed E-state index contributed by atoms with van der Waals surface area (Å²) in [6.45, 7) is 3.52. The molecule has 2 aromatic rings. The molecular formula is C26H27ClN4O4. The Balaban J connectivity index is 1.35. The number of likely N-dealkylation sites (N-methyl/N-ethyl adjacent to an activating group) is 1. The van der Waals surface area contributed by atoms with E-state index in [1.807, 2.05) is 50.4 Å². The van der Waals surface area contributed by atoms with Crippen LogP contribution >= 0.6 is 11.6 Å². The van der Waals surface area contributed by atoms with Crippen molar-refractivity contribution in [3.8, 4) is 0 Å². The van der Waals surface area contributed by atoms with Crippen molar-refractivity contribution < 1.29 is 19.2 Å². The molecule has 0 bridgehead atoms. The van der Waals surface area contributed by atoms with E-state index in [9.17, 15) is 19.2 Å². The summed E-state index contributed by atoms with van der Waals surface area (Å²) in [5, 5.41) is 5.97. The maximum absolute atomic E-state index is 12.9. The molecule has 9 heteroatoms. The lowest BCUT2D eigenvalue weighted by Crippen LogP contribution is -2.54. The van der Waals surface area contributed by atoms with Crippen LogP contribution in [0.15, 0.2) is 54.2 Å². The molecule has 0 aliphatic carbocycles. The molecule has 8 nitrogen and oxygen atoms in total. The molecule has 0 aromatic heterocycles. The normalized spacial score (nSPS) is 18.2. The lowest BCUT2D eigenvalue weighted by atomic mass is 10.0. The highest BCUT2D eigenvalue weighted by Crippen LogP contribution is 2.23. The number of piperidine rings is 1. The van der Waals surface area contributed by atoms with Crippen LogP contribution in [0.3, 0.4) is 0 Å². The van der Waals surface area contributed by atoms with Gasteiger partial charge in [-0.1, -0.05) is 35.9 Å². The van der Waals surface area contributed by atoms with E-state index in [2.05, 4.69) is 21.6 Å². The zero-order valence-corrected chi connectivity index (χ0v) is 20.4. The molecule has 1 atom stereocenters. The number of hydrogen-bond donors (Lipinski definition) is 2. The molecule has 182 valence electrons. The zero-order valence-electron chi connectivity index (χ0n) is 19.6. The van der Waals surface area contributed by atoms with Gasteiger partial charge in [-0.3, -0.25) is 29.4 Å². The Morgan fingerprint density at radius 2 is 1.91 bits per heavy atom. The highest BCUT2D eigenvalue weighted by molar-refractivity contribution is 6.31. The minimum Gasteiger partial charge on any atom is -0.351 e. The molecule has 4 amide bonds. The standard InChI is InChI=1S/C26H27ClN4O4/c1-16-6-7-17(13-20(16)27)10-11-30(2)15-18-4-3-5-19(12-18)28-21-14-24(33)31(26(21)35)22-8-9-23(32)29-25(22)34/h3-7,12-14,22,28H,8-11,15H2,1-2H3,(H,29,32,34). The summed E-state index contributed by atoms with van der Waals surface area (Å²) in [6.07, 6.45) is 2.27. The third kappa shape index (κ3) is 5.78. The van der Waals surface area contributed by atoms with Gasteiger partial charge in [0.05, 0.1) is 0 Å². The summed E-state index contributed by atoms with van der Waals surface area (Å²) in [5.74, 6) is -2.18. The fourth-order valence-electron chi connectivity index (χ4n) is 4.20. The number of benzene rings is 2. The third-order valence-corrected chi connectivity index (χ3v) is 6.56. The van der Waals surface area contributed by atoms with E-state index in [0.29, 0.717) is 12.2 Å². The number of rotatable bonds is 8. The van der Waals surface area contributed by atoms with Crippen LogP contribution in [0, 0.1) is 6.92 Å². The number of nitrogens with zero attached hydrogens (tertiary/aromatic N) is 2. The highest BCUT2D eigenvalue weighted by atomic mass is 35.5. The number of carbonyl (C=O) groups is 4. The minimum absolute atomic E-state index is 0.0861. The third-order valence-electron chi connectivity index (χ3n) is 6.15. The van der Waals surface area contributed by atoms with Crippen molar-refractivity contribution in [3.63, 3.8) is 0 Å². The van der Waals surface area contributed by atoms with Crippen LogP contribution in [0.4, 0.5) is 5.69 Å². The molecule has 0 radical (unpaired) electrons. The summed E-state index contributed by atoms with van der Waals surface area (Å²) in [5.41, 5.74) is 4.05. The van der Waals surface area contributed by atoms with Crippen molar-refractivity contribution in [1.82, 2.24) is 15.1 Å². The molecule has 35 heavy (non-hydrogen) atoms. The van der Waals surface area contributed by atoms with Gasteiger partial charge >= 0.3 is 0 Å². The predicted octanol–water partition coefficient (Wildman–Crippen LogP) is 2.79. The quantitative estimate of drug-likeness (QED) is 0.547. The topological polar surface area (TPSA) is 98.8 Å². The molecular weight excluding hydrogens is 468 g/mol. The van der Waals surface area contributed by atoms with Gasteiger partial charge in [0.1, 0.15) is 11.7 Å². The average molecular weight is 495 g/mol. The number of nitrogens with one attached hydrogen (secondary N) is 2. The fourth-order valence-corrected chi connectivity index (χ4v) is 4.41. The largest absolute Gasteiger partial charge is 0.351 e. The maximum Gasteiger partial charge on any atom is 0.278 e. The Morgan fingerprint density at radius 1 is 1.11 bits per heavy atom. The molecule has 0 spiro atoms. The average Bonchev–Trinajstić information content (AvgIpc) is 3.08. The second kappa shape index (κ2) is 10.4. The number of anilines is 1. The maximum atomic E-state index is 12.9. The fraction of sp³-hybridized carbons (Fsp3) is 0.308. The molecule has 2 aliphatic rings. The van der Waals surface area contributed by atoms with Gasteiger partial charge in [-0.05, 0) is 61.7 Å². The molecule has 2 aliphatic heterocycles. The van der Waals surface area contributed by atoms with E-state index in [4.69, 9.17) is 11.6 Å². The van der Waals surface area contributed by atoms with Crippen molar-refractivity contribution in [1.29, 1.82) is 0 Å². The number of carbonyl (C=O) groups excluding carboxylic acids is 4. The molecule has 1 unspecified atom stereocenters. The molecule has 2 heterocycles. The van der Waals surface area contributed by atoms with Crippen LogP contribution in [-0.4, -0.2) is 53.1 Å². The second-order valence-electron chi connectivity index (χ2n) is 8.94. The van der Waals surface area contributed by atoms with Crippen LogP contribution in [0.2, 0.25) is 5.02 Å². The number of halogens is 1. The molecule has 1 saturated heterocycles. The zero-order chi connectivity index (χ0) is 25.1. The van der Waals surface area contributed by atoms with Gasteiger partial charge in [0, 0.05) is 36.3 Å². The Bertz CT molecular complexity index is 1230. The Labute approximate surface area is 208 Å². The van der Waals surface area contributed by atoms with Gasteiger partial charge in [0.15, 0.2) is 0 Å². The first-order valence-corrected chi connectivity index (χ1v) is 11.8. The van der Waals surface area contributed by atoms with Crippen LogP contribution in [0.5, 0.6) is 0 Å². The van der Waals surface area contributed by atoms with Crippen molar-refractivity contribution in [2.24, 2.45) is 0 Å². The van der Waals surface area contributed by atoms with E-state index in [-0.39, 0.29) is 18.5 Å². The van der Waals surface area contributed by atoms with Gasteiger partial charge < -0.3 is 10.2 Å². The molecule has 2 aromatic carbocycles. The molecule has 1 fully saturated rings. The second-order valence-corrected chi connectivity index (χ2v) is 9.34. The van der Waals surface area contributed by atoms with E-state index in [1.165, 1.54) is 11.6 Å². The molecule has 0 saturated carbocycles. The van der Waals surface area contributed by atoms with Crippen molar-refractivity contribution >= 4 is 40.9 Å². The van der Waals surface area contributed by atoms with E-state index >= 15 is 0 Å². The van der Waals surface area contributed by atoms with E-state index in [0.717, 1.165) is 34.0 Å².